The summed E-state index contributed by atoms with van der Waals surface area (Å²) in [5.41, 5.74) is 6.58. The van der Waals surface area contributed by atoms with E-state index < -0.39 is 0 Å². The summed E-state index contributed by atoms with van der Waals surface area (Å²) in [5.74, 6) is 0.741. The number of pyridine rings is 1. The van der Waals surface area contributed by atoms with Crippen molar-refractivity contribution in [1.29, 1.82) is 0 Å². The maximum Gasteiger partial charge on any atom is 0.146 e. The lowest BCUT2D eigenvalue weighted by molar-refractivity contribution is 0.769. The number of para-hydroxylation sites is 1. The standard InChI is InChI=1S/C17H18N4/c1-3-21-13(2)15(14-8-4-5-9-16(14)21)12-19-20-17-10-6-7-11-18-17/h4-12H,3H2,1-2H3,(H,18,20)/b19-12+. The van der Waals surface area contributed by atoms with Crippen LogP contribution in [0.1, 0.15) is 18.2 Å². The van der Waals surface area contributed by atoms with Gasteiger partial charge in [-0.1, -0.05) is 24.3 Å². The lowest BCUT2D eigenvalue weighted by Gasteiger charge is -2.03. The molecule has 0 atom stereocenters. The van der Waals surface area contributed by atoms with E-state index in [1.807, 2.05) is 24.4 Å². The van der Waals surface area contributed by atoms with E-state index in [4.69, 9.17) is 0 Å². The number of fused-ring (bicyclic) bond motifs is 1. The van der Waals surface area contributed by atoms with Crippen molar-refractivity contribution < 1.29 is 0 Å². The third kappa shape index (κ3) is 2.52. The number of aryl methyl sites for hydroxylation is 1. The lowest BCUT2D eigenvalue weighted by Crippen LogP contribution is -1.98. The Bertz CT molecular complexity index is 772. The molecule has 0 amide bonds. The molecule has 0 aliphatic heterocycles. The zero-order valence-electron chi connectivity index (χ0n) is 12.2. The Morgan fingerprint density at radius 2 is 2.00 bits per heavy atom. The van der Waals surface area contributed by atoms with Gasteiger partial charge in [0, 0.05) is 34.9 Å². The fourth-order valence-electron chi connectivity index (χ4n) is 2.62. The van der Waals surface area contributed by atoms with E-state index in [9.17, 15) is 0 Å². The van der Waals surface area contributed by atoms with Gasteiger partial charge in [0.2, 0.25) is 0 Å². The third-order valence-corrected chi connectivity index (χ3v) is 3.63. The Kier molecular flexibility index (Phi) is 3.69. The molecule has 0 saturated heterocycles. The average Bonchev–Trinajstić information content (AvgIpc) is 2.80. The number of rotatable bonds is 4. The maximum absolute atomic E-state index is 4.32. The molecule has 2 aromatic heterocycles. The van der Waals surface area contributed by atoms with Crippen molar-refractivity contribution in [3.05, 3.63) is 59.9 Å². The van der Waals surface area contributed by atoms with Gasteiger partial charge in [0.1, 0.15) is 5.82 Å². The number of nitrogens with zero attached hydrogens (tertiary/aromatic N) is 3. The molecule has 21 heavy (non-hydrogen) atoms. The summed E-state index contributed by atoms with van der Waals surface area (Å²) in [4.78, 5) is 4.19. The number of benzene rings is 1. The summed E-state index contributed by atoms with van der Waals surface area (Å²) in [6, 6.07) is 14.1. The number of hydrogen-bond donors (Lipinski definition) is 1. The highest BCUT2D eigenvalue weighted by atomic mass is 15.3. The largest absolute Gasteiger partial charge is 0.344 e. The Balaban J connectivity index is 1.95. The smallest absolute Gasteiger partial charge is 0.146 e. The topological polar surface area (TPSA) is 42.2 Å². The van der Waals surface area contributed by atoms with Gasteiger partial charge in [-0.2, -0.15) is 5.10 Å². The van der Waals surface area contributed by atoms with Gasteiger partial charge < -0.3 is 4.57 Å². The number of hydrogen-bond acceptors (Lipinski definition) is 3. The predicted molar refractivity (Wildman–Crippen MR) is 87.8 cm³/mol. The summed E-state index contributed by atoms with van der Waals surface area (Å²) < 4.78 is 2.30. The molecule has 3 aromatic rings. The minimum absolute atomic E-state index is 0.741. The third-order valence-electron chi connectivity index (χ3n) is 3.63. The Morgan fingerprint density at radius 3 is 2.76 bits per heavy atom. The van der Waals surface area contributed by atoms with Crippen LogP contribution >= 0.6 is 0 Å². The van der Waals surface area contributed by atoms with E-state index in [1.165, 1.54) is 16.6 Å². The second kappa shape index (κ2) is 5.79. The molecule has 0 fully saturated rings. The molecule has 0 spiro atoms. The first-order chi connectivity index (χ1) is 10.3. The minimum atomic E-state index is 0.741. The van der Waals surface area contributed by atoms with Crippen LogP contribution in [0, 0.1) is 6.92 Å². The van der Waals surface area contributed by atoms with Gasteiger partial charge >= 0.3 is 0 Å². The number of aromatic nitrogens is 2. The molecule has 0 bridgehead atoms. The van der Waals surface area contributed by atoms with Crippen LogP contribution < -0.4 is 5.43 Å². The van der Waals surface area contributed by atoms with E-state index in [-0.39, 0.29) is 0 Å². The summed E-state index contributed by atoms with van der Waals surface area (Å²) >= 11 is 0. The SMILES string of the molecule is CCn1c(C)c(/C=N/Nc2ccccn2)c2ccccc21. The molecule has 0 aliphatic rings. The van der Waals surface area contributed by atoms with Gasteiger partial charge in [-0.25, -0.2) is 4.98 Å². The summed E-state index contributed by atoms with van der Waals surface area (Å²) in [6.45, 7) is 5.24. The first-order valence-corrected chi connectivity index (χ1v) is 7.09. The van der Waals surface area contributed by atoms with Crippen molar-refractivity contribution in [3.8, 4) is 0 Å². The van der Waals surface area contributed by atoms with Crippen LogP contribution in [-0.4, -0.2) is 15.8 Å². The van der Waals surface area contributed by atoms with Crippen LogP contribution in [0.15, 0.2) is 53.8 Å². The normalized spacial score (nSPS) is 11.3. The quantitative estimate of drug-likeness (QED) is 0.582. The highest BCUT2D eigenvalue weighted by molar-refractivity contribution is 6.01. The molecule has 3 rings (SSSR count). The van der Waals surface area contributed by atoms with Crippen LogP contribution in [0.4, 0.5) is 5.82 Å². The van der Waals surface area contributed by atoms with E-state index in [2.05, 4.69) is 58.2 Å². The fourth-order valence-corrected chi connectivity index (χ4v) is 2.62. The molecule has 4 heteroatoms. The van der Waals surface area contributed by atoms with Crippen molar-refractivity contribution in [3.63, 3.8) is 0 Å². The van der Waals surface area contributed by atoms with E-state index in [1.54, 1.807) is 6.20 Å². The predicted octanol–water partition coefficient (Wildman–Crippen LogP) is 3.81. The van der Waals surface area contributed by atoms with Crippen LogP contribution in [0.5, 0.6) is 0 Å². The molecule has 0 unspecified atom stereocenters. The van der Waals surface area contributed by atoms with Crippen LogP contribution in [-0.2, 0) is 6.54 Å². The highest BCUT2D eigenvalue weighted by Crippen LogP contribution is 2.24. The zero-order valence-corrected chi connectivity index (χ0v) is 12.2. The van der Waals surface area contributed by atoms with Crippen LogP contribution in [0.3, 0.4) is 0 Å². The summed E-state index contributed by atoms with van der Waals surface area (Å²) in [7, 11) is 0. The van der Waals surface area contributed by atoms with Gasteiger partial charge in [0.25, 0.3) is 0 Å². The molecule has 106 valence electrons. The fraction of sp³-hybridized carbons (Fsp3) is 0.176. The van der Waals surface area contributed by atoms with Gasteiger partial charge in [-0.3, -0.25) is 5.43 Å². The Morgan fingerprint density at radius 1 is 1.19 bits per heavy atom. The van der Waals surface area contributed by atoms with Gasteiger partial charge in [0.15, 0.2) is 0 Å². The van der Waals surface area contributed by atoms with Crippen molar-refractivity contribution in [2.75, 3.05) is 5.43 Å². The lowest BCUT2D eigenvalue weighted by atomic mass is 10.1. The molecule has 4 nitrogen and oxygen atoms in total. The average molecular weight is 278 g/mol. The first-order valence-electron chi connectivity index (χ1n) is 7.09. The molecule has 0 saturated carbocycles. The first kappa shape index (κ1) is 13.4. The molecule has 1 N–H and O–H groups in total. The Hall–Kier alpha value is -2.62. The number of hydrazone groups is 1. The summed E-state index contributed by atoms with van der Waals surface area (Å²) in [5, 5.41) is 5.55. The van der Waals surface area contributed by atoms with Crippen LogP contribution in [0.25, 0.3) is 10.9 Å². The zero-order chi connectivity index (χ0) is 14.7. The molecule has 1 aromatic carbocycles. The summed E-state index contributed by atoms with van der Waals surface area (Å²) in [6.07, 6.45) is 3.62. The number of nitrogens with one attached hydrogen (secondary N) is 1. The molecule has 2 heterocycles. The molecule has 0 aliphatic carbocycles. The van der Waals surface area contributed by atoms with Crippen molar-refractivity contribution >= 4 is 22.9 Å². The molecular formula is C17H18N4. The van der Waals surface area contributed by atoms with Gasteiger partial charge in [-0.15, -0.1) is 0 Å². The molecule has 0 radical (unpaired) electrons. The maximum atomic E-state index is 4.32. The minimum Gasteiger partial charge on any atom is -0.344 e. The van der Waals surface area contributed by atoms with Crippen molar-refractivity contribution in [2.45, 2.75) is 20.4 Å². The van der Waals surface area contributed by atoms with E-state index >= 15 is 0 Å². The highest BCUT2D eigenvalue weighted by Gasteiger charge is 2.10. The van der Waals surface area contributed by atoms with Gasteiger partial charge in [-0.05, 0) is 32.0 Å². The van der Waals surface area contributed by atoms with Crippen molar-refractivity contribution in [2.24, 2.45) is 5.10 Å². The van der Waals surface area contributed by atoms with E-state index in [0.29, 0.717) is 0 Å². The second-order valence-electron chi connectivity index (χ2n) is 4.85. The van der Waals surface area contributed by atoms with Crippen molar-refractivity contribution in [1.82, 2.24) is 9.55 Å². The monoisotopic (exact) mass is 278 g/mol. The van der Waals surface area contributed by atoms with Crippen LogP contribution in [0.2, 0.25) is 0 Å². The van der Waals surface area contributed by atoms with E-state index in [0.717, 1.165) is 17.9 Å². The van der Waals surface area contributed by atoms with Gasteiger partial charge in [0.05, 0.1) is 6.21 Å². The number of anilines is 1. The Labute approximate surface area is 124 Å². The second-order valence-corrected chi connectivity index (χ2v) is 4.85. The molecular weight excluding hydrogens is 260 g/mol.